The molecule has 1 saturated heterocycles. The van der Waals surface area contributed by atoms with Crippen molar-refractivity contribution in [2.75, 3.05) is 23.8 Å². The highest BCUT2D eigenvalue weighted by atomic mass is 35.5. The lowest BCUT2D eigenvalue weighted by molar-refractivity contribution is -0.122. The first-order chi connectivity index (χ1) is 16.4. The fourth-order valence-corrected chi connectivity index (χ4v) is 4.75. The monoisotopic (exact) mass is 489 g/mol. The summed E-state index contributed by atoms with van der Waals surface area (Å²) in [6.45, 7) is 0.597. The van der Waals surface area contributed by atoms with Crippen molar-refractivity contribution in [3.63, 3.8) is 0 Å². The number of anilines is 3. The minimum atomic E-state index is -0.656. The number of nitrogens with one attached hydrogen (secondary N) is 2. The molecule has 3 heterocycles. The van der Waals surface area contributed by atoms with Gasteiger partial charge < -0.3 is 26.2 Å². The predicted octanol–water partition coefficient (Wildman–Crippen LogP) is 2.75. The SMILES string of the molecule is NC(=O)[C@H]1CC[C@@H](n2c(Nc3cc(Cl)ccc3F)nc3cnc(N[C@H]4COC[C@@H]4O)nc32)CC1. The minimum absolute atomic E-state index is 0.0338. The molecule has 5 rings (SSSR count). The lowest BCUT2D eigenvalue weighted by atomic mass is 9.85. The third kappa shape index (κ3) is 4.50. The lowest BCUT2D eigenvalue weighted by Gasteiger charge is -2.29. The maximum absolute atomic E-state index is 14.5. The second-order valence-corrected chi connectivity index (χ2v) is 9.16. The summed E-state index contributed by atoms with van der Waals surface area (Å²) in [6.07, 6.45) is 3.59. The van der Waals surface area contributed by atoms with Gasteiger partial charge in [-0.15, -0.1) is 0 Å². The van der Waals surface area contributed by atoms with Crippen LogP contribution in [0.3, 0.4) is 0 Å². The molecule has 5 N–H and O–H groups in total. The molecule has 1 saturated carbocycles. The Bertz CT molecular complexity index is 1210. The van der Waals surface area contributed by atoms with Crippen LogP contribution in [0.5, 0.6) is 0 Å². The molecule has 0 spiro atoms. The van der Waals surface area contributed by atoms with Crippen molar-refractivity contribution < 1.29 is 19.0 Å². The number of ether oxygens (including phenoxy) is 1. The van der Waals surface area contributed by atoms with Crippen molar-refractivity contribution >= 4 is 46.3 Å². The third-order valence-corrected chi connectivity index (χ3v) is 6.67. The number of carbonyl (C=O) groups excluding carboxylic acids is 1. The van der Waals surface area contributed by atoms with E-state index in [0.717, 1.165) is 0 Å². The molecule has 1 aliphatic heterocycles. The molecule has 1 amide bonds. The number of nitrogens with zero attached hydrogens (tertiary/aromatic N) is 4. The average Bonchev–Trinajstić information content (AvgIpc) is 3.38. The van der Waals surface area contributed by atoms with E-state index in [1.54, 1.807) is 6.20 Å². The summed E-state index contributed by atoms with van der Waals surface area (Å²) >= 11 is 6.07. The molecule has 0 radical (unpaired) electrons. The molecule has 180 valence electrons. The summed E-state index contributed by atoms with van der Waals surface area (Å²) in [6, 6.07) is 3.89. The van der Waals surface area contributed by atoms with Crippen molar-refractivity contribution in [1.82, 2.24) is 19.5 Å². The number of aliphatic hydroxyl groups excluding tert-OH is 1. The van der Waals surface area contributed by atoms with Crippen molar-refractivity contribution in [1.29, 1.82) is 0 Å². The van der Waals surface area contributed by atoms with Crippen LogP contribution in [0.4, 0.5) is 22.0 Å². The van der Waals surface area contributed by atoms with Gasteiger partial charge in [0.25, 0.3) is 0 Å². The van der Waals surface area contributed by atoms with E-state index >= 15 is 0 Å². The molecule has 2 fully saturated rings. The molecule has 1 aliphatic carbocycles. The second kappa shape index (κ2) is 9.32. The number of fused-ring (bicyclic) bond motifs is 1. The van der Waals surface area contributed by atoms with Crippen molar-refractivity contribution in [2.45, 2.75) is 43.9 Å². The Labute approximate surface area is 199 Å². The van der Waals surface area contributed by atoms with Crippen LogP contribution in [0.25, 0.3) is 11.2 Å². The highest BCUT2D eigenvalue weighted by molar-refractivity contribution is 6.30. The topological polar surface area (TPSA) is 140 Å². The highest BCUT2D eigenvalue weighted by Gasteiger charge is 2.30. The van der Waals surface area contributed by atoms with Crippen LogP contribution in [0.1, 0.15) is 31.7 Å². The molecular weight excluding hydrogens is 465 g/mol. The quantitative estimate of drug-likeness (QED) is 0.414. The number of aromatic nitrogens is 4. The highest BCUT2D eigenvalue weighted by Crippen LogP contribution is 2.37. The predicted molar refractivity (Wildman–Crippen MR) is 124 cm³/mol. The Balaban J connectivity index is 1.52. The fourth-order valence-electron chi connectivity index (χ4n) is 4.57. The molecule has 2 atom stereocenters. The molecule has 10 nitrogen and oxygen atoms in total. The number of amides is 1. The van der Waals surface area contributed by atoms with Gasteiger partial charge in [-0.2, -0.15) is 4.98 Å². The van der Waals surface area contributed by atoms with E-state index in [0.29, 0.717) is 60.4 Å². The van der Waals surface area contributed by atoms with Gasteiger partial charge in [0, 0.05) is 17.0 Å². The molecule has 0 bridgehead atoms. The number of nitrogens with two attached hydrogens (primary N) is 1. The van der Waals surface area contributed by atoms with E-state index in [-0.39, 0.29) is 36.2 Å². The number of imidazole rings is 1. The molecule has 34 heavy (non-hydrogen) atoms. The Morgan fingerprint density at radius 2 is 2.03 bits per heavy atom. The number of halogens is 2. The normalized spacial score (nSPS) is 24.9. The maximum Gasteiger partial charge on any atom is 0.225 e. The summed E-state index contributed by atoms with van der Waals surface area (Å²) in [5.41, 5.74) is 6.77. The van der Waals surface area contributed by atoms with Crippen LogP contribution < -0.4 is 16.4 Å². The first kappa shape index (κ1) is 22.8. The summed E-state index contributed by atoms with van der Waals surface area (Å²) in [4.78, 5) is 25.3. The number of hydrogen-bond acceptors (Lipinski definition) is 8. The molecule has 1 aromatic carbocycles. The number of rotatable bonds is 6. The van der Waals surface area contributed by atoms with E-state index in [1.807, 2.05) is 4.57 Å². The van der Waals surface area contributed by atoms with Gasteiger partial charge in [-0.25, -0.2) is 14.4 Å². The maximum atomic E-state index is 14.5. The van der Waals surface area contributed by atoms with Gasteiger partial charge in [0.2, 0.25) is 17.8 Å². The average molecular weight is 490 g/mol. The van der Waals surface area contributed by atoms with Gasteiger partial charge in [0.05, 0.1) is 37.2 Å². The van der Waals surface area contributed by atoms with E-state index < -0.39 is 11.9 Å². The summed E-state index contributed by atoms with van der Waals surface area (Å²) in [7, 11) is 0. The zero-order chi connectivity index (χ0) is 23.8. The zero-order valence-corrected chi connectivity index (χ0v) is 19.0. The van der Waals surface area contributed by atoms with Gasteiger partial charge in [0.15, 0.2) is 5.65 Å². The summed E-state index contributed by atoms with van der Waals surface area (Å²) in [5.74, 6) is -0.198. The number of carbonyl (C=O) groups is 1. The van der Waals surface area contributed by atoms with Crippen molar-refractivity contribution in [3.05, 3.63) is 35.2 Å². The standard InChI is InChI=1S/C22H25ClFN7O3/c23-12-3-6-14(24)15(7-12)28-22-29-16-8-26-21(27-17-9-34-10-18(17)32)30-20(16)31(22)13-4-1-11(2-5-13)19(25)33/h3,6-8,11,13,17-18,32H,1-2,4-5,9-10H2,(H2,25,33)(H,28,29)(H,26,27,30)/t11-,13+,17-,18-/m0/s1. The molecule has 0 unspecified atom stereocenters. The third-order valence-electron chi connectivity index (χ3n) is 6.44. The van der Waals surface area contributed by atoms with Gasteiger partial charge in [-0.05, 0) is 43.9 Å². The Morgan fingerprint density at radius 3 is 2.74 bits per heavy atom. The molecule has 12 heteroatoms. The number of primary amides is 1. The zero-order valence-electron chi connectivity index (χ0n) is 18.2. The molecule has 2 aromatic heterocycles. The van der Waals surface area contributed by atoms with E-state index in [1.165, 1.54) is 18.2 Å². The largest absolute Gasteiger partial charge is 0.388 e. The van der Waals surface area contributed by atoms with Crippen LogP contribution in [0.2, 0.25) is 5.02 Å². The first-order valence-electron chi connectivity index (χ1n) is 11.2. The second-order valence-electron chi connectivity index (χ2n) is 8.72. The van der Waals surface area contributed by atoms with Gasteiger partial charge in [0.1, 0.15) is 11.3 Å². The molecule has 2 aliphatic rings. The lowest BCUT2D eigenvalue weighted by Crippen LogP contribution is -2.32. The van der Waals surface area contributed by atoms with Gasteiger partial charge in [-0.3, -0.25) is 9.36 Å². The van der Waals surface area contributed by atoms with Gasteiger partial charge in [-0.1, -0.05) is 11.6 Å². The van der Waals surface area contributed by atoms with Crippen LogP contribution in [-0.4, -0.2) is 55.9 Å². The Kier molecular flexibility index (Phi) is 6.24. The summed E-state index contributed by atoms with van der Waals surface area (Å²) in [5, 5.41) is 16.6. The fraction of sp³-hybridized carbons (Fsp3) is 0.455. The van der Waals surface area contributed by atoms with E-state index in [9.17, 15) is 14.3 Å². The molecule has 3 aromatic rings. The van der Waals surface area contributed by atoms with E-state index in [2.05, 4.69) is 25.6 Å². The molecular formula is C22H25ClFN7O3. The number of benzene rings is 1. The first-order valence-corrected chi connectivity index (χ1v) is 11.6. The Hall–Kier alpha value is -3.02. The van der Waals surface area contributed by atoms with Crippen LogP contribution in [0.15, 0.2) is 24.4 Å². The van der Waals surface area contributed by atoms with Crippen LogP contribution >= 0.6 is 11.6 Å². The number of hydrogen-bond donors (Lipinski definition) is 4. The van der Waals surface area contributed by atoms with E-state index in [4.69, 9.17) is 22.1 Å². The van der Waals surface area contributed by atoms with Crippen molar-refractivity contribution in [3.8, 4) is 0 Å². The smallest absolute Gasteiger partial charge is 0.225 e. The van der Waals surface area contributed by atoms with Gasteiger partial charge >= 0.3 is 0 Å². The van der Waals surface area contributed by atoms with Crippen molar-refractivity contribution in [2.24, 2.45) is 11.7 Å². The summed E-state index contributed by atoms with van der Waals surface area (Å²) < 4.78 is 21.7. The van der Waals surface area contributed by atoms with Crippen LogP contribution in [0, 0.1) is 11.7 Å². The Morgan fingerprint density at radius 1 is 1.24 bits per heavy atom. The van der Waals surface area contributed by atoms with Crippen LogP contribution in [-0.2, 0) is 9.53 Å². The number of aliphatic hydroxyl groups is 1. The minimum Gasteiger partial charge on any atom is -0.388 e.